The second kappa shape index (κ2) is 7.35. The summed E-state index contributed by atoms with van der Waals surface area (Å²) in [5, 5.41) is 13.4. The number of nitrogens with zero attached hydrogens (tertiary/aromatic N) is 3. The summed E-state index contributed by atoms with van der Waals surface area (Å²) in [4.78, 5) is 50.0. The monoisotopic (exact) mass is 384 g/mol. The van der Waals surface area contributed by atoms with Gasteiger partial charge in [0, 0.05) is 20.2 Å². The molecule has 0 aliphatic carbocycles. The summed E-state index contributed by atoms with van der Waals surface area (Å²) in [6, 6.07) is 6.65. The van der Waals surface area contributed by atoms with Crippen LogP contribution in [0.3, 0.4) is 0 Å². The minimum atomic E-state index is -0.870. The van der Waals surface area contributed by atoms with Crippen LogP contribution in [0.4, 0.5) is 16.2 Å². The number of carbonyl (C=O) groups excluding carboxylic acids is 3. The number of benzene rings is 1. The van der Waals surface area contributed by atoms with Gasteiger partial charge in [0.2, 0.25) is 0 Å². The molecule has 10 heteroatoms. The Bertz CT molecular complexity index is 994. The molecule has 1 aliphatic rings. The fourth-order valence-corrected chi connectivity index (χ4v) is 2.72. The molecule has 0 unspecified atom stereocenters. The van der Waals surface area contributed by atoms with E-state index < -0.39 is 22.8 Å². The first-order chi connectivity index (χ1) is 13.3. The van der Waals surface area contributed by atoms with E-state index >= 15 is 0 Å². The zero-order chi connectivity index (χ0) is 20.4. The standard InChI is InChI=1S/C18H16N4O6/c1-20(2)14-6-5-11(9-15(14)22(26)27)8-13-16(23)19-18(25)21(17(13)24)10-12-4-3-7-28-12/h3-9H,10H2,1-2H3,(H,19,23,25). The average Bonchev–Trinajstić information content (AvgIpc) is 3.15. The van der Waals surface area contributed by atoms with E-state index in [1.807, 2.05) is 0 Å². The van der Waals surface area contributed by atoms with Gasteiger partial charge in [0.25, 0.3) is 17.5 Å². The Labute approximate surface area is 159 Å². The van der Waals surface area contributed by atoms with Crippen molar-refractivity contribution in [3.63, 3.8) is 0 Å². The number of anilines is 1. The number of rotatable bonds is 5. The topological polar surface area (TPSA) is 126 Å². The molecule has 0 spiro atoms. The summed E-state index contributed by atoms with van der Waals surface area (Å²) in [6.07, 6.45) is 2.61. The Balaban J connectivity index is 1.96. The molecule has 0 bridgehead atoms. The summed E-state index contributed by atoms with van der Waals surface area (Å²) in [5.74, 6) is -1.32. The zero-order valence-electron chi connectivity index (χ0n) is 15.0. The molecule has 0 atom stereocenters. The van der Waals surface area contributed by atoms with Gasteiger partial charge in [-0.2, -0.15) is 0 Å². The lowest BCUT2D eigenvalue weighted by molar-refractivity contribution is -0.384. The number of nitro benzene ring substituents is 1. The van der Waals surface area contributed by atoms with Crippen molar-refractivity contribution in [2.45, 2.75) is 6.54 Å². The number of nitrogens with one attached hydrogen (secondary N) is 1. The van der Waals surface area contributed by atoms with Gasteiger partial charge in [0.05, 0.1) is 17.7 Å². The van der Waals surface area contributed by atoms with Crippen LogP contribution < -0.4 is 10.2 Å². The summed E-state index contributed by atoms with van der Waals surface area (Å²) in [7, 11) is 3.33. The average molecular weight is 384 g/mol. The molecule has 4 amide bonds. The largest absolute Gasteiger partial charge is 0.467 e. The van der Waals surface area contributed by atoms with E-state index in [2.05, 4.69) is 5.32 Å². The fourth-order valence-electron chi connectivity index (χ4n) is 2.72. The lowest BCUT2D eigenvalue weighted by Crippen LogP contribution is -2.53. The van der Waals surface area contributed by atoms with Crippen molar-refractivity contribution in [3.05, 3.63) is 63.6 Å². The van der Waals surface area contributed by atoms with E-state index in [0.717, 1.165) is 4.90 Å². The van der Waals surface area contributed by atoms with Gasteiger partial charge in [0.15, 0.2) is 0 Å². The maximum absolute atomic E-state index is 12.7. The van der Waals surface area contributed by atoms with Crippen LogP contribution in [0.2, 0.25) is 0 Å². The fraction of sp³-hybridized carbons (Fsp3) is 0.167. The van der Waals surface area contributed by atoms with Crippen molar-refractivity contribution in [3.8, 4) is 0 Å². The molecule has 28 heavy (non-hydrogen) atoms. The molecule has 144 valence electrons. The highest BCUT2D eigenvalue weighted by Gasteiger charge is 2.36. The first kappa shape index (κ1) is 18.8. The van der Waals surface area contributed by atoms with Crippen molar-refractivity contribution >= 4 is 35.3 Å². The van der Waals surface area contributed by atoms with Crippen LogP contribution in [-0.4, -0.2) is 41.8 Å². The molecule has 1 aromatic carbocycles. The van der Waals surface area contributed by atoms with E-state index in [0.29, 0.717) is 11.4 Å². The van der Waals surface area contributed by atoms with Crippen LogP contribution in [0, 0.1) is 10.1 Å². The molecular weight excluding hydrogens is 368 g/mol. The van der Waals surface area contributed by atoms with E-state index in [9.17, 15) is 24.5 Å². The Morgan fingerprint density at radius 3 is 2.61 bits per heavy atom. The smallest absolute Gasteiger partial charge is 0.331 e. The van der Waals surface area contributed by atoms with Gasteiger partial charge in [-0.25, -0.2) is 4.79 Å². The number of amides is 4. The quantitative estimate of drug-likeness (QED) is 0.361. The predicted molar refractivity (Wildman–Crippen MR) is 98.2 cm³/mol. The SMILES string of the molecule is CN(C)c1ccc(C=C2C(=O)NC(=O)N(Cc3ccco3)C2=O)cc1[N+](=O)[O-]. The van der Waals surface area contributed by atoms with Crippen LogP contribution in [0.5, 0.6) is 0 Å². The first-order valence-electron chi connectivity index (χ1n) is 8.15. The maximum atomic E-state index is 12.7. The molecule has 1 aliphatic heterocycles. The van der Waals surface area contributed by atoms with Crippen LogP contribution in [-0.2, 0) is 16.1 Å². The highest BCUT2D eigenvalue weighted by atomic mass is 16.6. The van der Waals surface area contributed by atoms with E-state index in [4.69, 9.17) is 4.42 Å². The molecule has 2 aromatic rings. The predicted octanol–water partition coefficient (Wildman–Crippen LogP) is 1.92. The maximum Gasteiger partial charge on any atom is 0.331 e. The number of barbiturate groups is 1. The molecular formula is C18H16N4O6. The number of imide groups is 2. The summed E-state index contributed by atoms with van der Waals surface area (Å²) >= 11 is 0. The van der Waals surface area contributed by atoms with E-state index in [1.54, 1.807) is 37.2 Å². The Hall–Kier alpha value is -3.95. The highest BCUT2D eigenvalue weighted by molar-refractivity contribution is 6.30. The second-order valence-electron chi connectivity index (χ2n) is 6.19. The van der Waals surface area contributed by atoms with Crippen molar-refractivity contribution in [1.29, 1.82) is 0 Å². The van der Waals surface area contributed by atoms with Gasteiger partial charge in [-0.1, -0.05) is 6.07 Å². The van der Waals surface area contributed by atoms with Crippen molar-refractivity contribution in [2.75, 3.05) is 19.0 Å². The Morgan fingerprint density at radius 1 is 1.25 bits per heavy atom. The normalized spacial score (nSPS) is 15.7. The number of hydrogen-bond acceptors (Lipinski definition) is 7. The zero-order valence-corrected chi connectivity index (χ0v) is 15.0. The van der Waals surface area contributed by atoms with E-state index in [1.165, 1.54) is 24.5 Å². The summed E-state index contributed by atoms with van der Waals surface area (Å²) in [5.41, 5.74) is 0.175. The minimum absolute atomic E-state index is 0.151. The van der Waals surface area contributed by atoms with Gasteiger partial charge in [0.1, 0.15) is 17.0 Å². The number of nitro groups is 1. The number of urea groups is 1. The van der Waals surface area contributed by atoms with Crippen molar-refractivity contribution in [2.24, 2.45) is 0 Å². The lowest BCUT2D eigenvalue weighted by atomic mass is 10.1. The molecule has 10 nitrogen and oxygen atoms in total. The van der Waals surface area contributed by atoms with E-state index in [-0.39, 0.29) is 23.4 Å². The second-order valence-corrected chi connectivity index (χ2v) is 6.19. The first-order valence-corrected chi connectivity index (χ1v) is 8.15. The van der Waals surface area contributed by atoms with Gasteiger partial charge in [-0.05, 0) is 29.8 Å². The van der Waals surface area contributed by atoms with Gasteiger partial charge >= 0.3 is 6.03 Å². The van der Waals surface area contributed by atoms with Gasteiger partial charge in [-0.3, -0.25) is 29.9 Å². The molecule has 0 saturated carbocycles. The van der Waals surface area contributed by atoms with Crippen LogP contribution in [0.15, 0.2) is 46.6 Å². The Kier molecular flexibility index (Phi) is 4.94. The molecule has 2 heterocycles. The highest BCUT2D eigenvalue weighted by Crippen LogP contribution is 2.29. The van der Waals surface area contributed by atoms with Gasteiger partial charge in [-0.15, -0.1) is 0 Å². The van der Waals surface area contributed by atoms with Crippen LogP contribution in [0.1, 0.15) is 11.3 Å². The van der Waals surface area contributed by atoms with Crippen LogP contribution in [0.25, 0.3) is 6.08 Å². The summed E-state index contributed by atoms with van der Waals surface area (Å²) in [6.45, 7) is -0.151. The Morgan fingerprint density at radius 2 is 2.00 bits per heavy atom. The van der Waals surface area contributed by atoms with Crippen molar-refractivity contribution < 1.29 is 23.7 Å². The number of carbonyl (C=O) groups is 3. The molecule has 1 aromatic heterocycles. The third kappa shape index (κ3) is 3.61. The molecule has 1 fully saturated rings. The number of hydrogen-bond donors (Lipinski definition) is 1. The lowest BCUT2D eigenvalue weighted by Gasteiger charge is -2.25. The van der Waals surface area contributed by atoms with Crippen LogP contribution >= 0.6 is 0 Å². The molecule has 1 saturated heterocycles. The van der Waals surface area contributed by atoms with Gasteiger partial charge < -0.3 is 9.32 Å². The van der Waals surface area contributed by atoms with Crippen molar-refractivity contribution in [1.82, 2.24) is 10.2 Å². The summed E-state index contributed by atoms with van der Waals surface area (Å²) < 4.78 is 5.13. The number of furan rings is 1. The molecule has 0 radical (unpaired) electrons. The third-order valence-corrected chi connectivity index (χ3v) is 4.07. The molecule has 3 rings (SSSR count). The minimum Gasteiger partial charge on any atom is -0.467 e. The third-order valence-electron chi connectivity index (χ3n) is 4.07. The molecule has 1 N–H and O–H groups in total.